The van der Waals surface area contributed by atoms with E-state index in [-0.39, 0.29) is 22.3 Å². The second kappa shape index (κ2) is 7.50. The van der Waals surface area contributed by atoms with Crippen molar-refractivity contribution in [1.82, 2.24) is 9.80 Å². The molecule has 2 aliphatic heterocycles. The Bertz CT molecular complexity index is 904. The van der Waals surface area contributed by atoms with Crippen LogP contribution in [0.5, 0.6) is 0 Å². The molecule has 2 fully saturated rings. The average molecular weight is 416 g/mol. The van der Waals surface area contributed by atoms with Crippen LogP contribution in [-0.4, -0.2) is 88.6 Å². The van der Waals surface area contributed by atoms with Gasteiger partial charge in [-0.25, -0.2) is 16.8 Å². The zero-order valence-electron chi connectivity index (χ0n) is 15.5. The van der Waals surface area contributed by atoms with E-state index in [4.69, 9.17) is 0 Å². The molecule has 0 radical (unpaired) electrons. The lowest BCUT2D eigenvalue weighted by Crippen LogP contribution is -2.54. The minimum atomic E-state index is -3.81. The molecule has 2 atom stereocenters. The molecule has 1 aromatic carbocycles. The molecule has 150 valence electrons. The Morgan fingerprint density at radius 2 is 1.67 bits per heavy atom. The molecule has 0 bridgehead atoms. The van der Waals surface area contributed by atoms with Gasteiger partial charge < -0.3 is 10.2 Å². The Kier molecular flexibility index (Phi) is 5.62. The van der Waals surface area contributed by atoms with E-state index in [1.807, 2.05) is 11.9 Å². The highest BCUT2D eigenvalue weighted by Crippen LogP contribution is 2.30. The van der Waals surface area contributed by atoms with Crippen LogP contribution < -0.4 is 5.32 Å². The number of benzene rings is 1. The molecule has 10 heteroatoms. The van der Waals surface area contributed by atoms with Gasteiger partial charge in [-0.15, -0.1) is 0 Å². The number of piperazine rings is 1. The normalized spacial score (nSPS) is 26.7. The summed E-state index contributed by atoms with van der Waals surface area (Å²) in [6.45, 7) is 4.26. The third-order valence-electron chi connectivity index (χ3n) is 5.18. The molecule has 3 rings (SSSR count). The van der Waals surface area contributed by atoms with E-state index in [1.165, 1.54) is 31.2 Å². The first kappa shape index (κ1) is 20.2. The Morgan fingerprint density at radius 1 is 1.07 bits per heavy atom. The number of hydrogen-bond acceptors (Lipinski definition) is 7. The average Bonchev–Trinajstić information content (AvgIpc) is 2.92. The van der Waals surface area contributed by atoms with Gasteiger partial charge in [0.25, 0.3) is 0 Å². The molecular weight excluding hydrogens is 390 g/mol. The lowest BCUT2D eigenvalue weighted by atomic mass is 10.2. The molecule has 2 aliphatic rings. The first-order valence-electron chi connectivity index (χ1n) is 8.83. The maximum absolute atomic E-state index is 13.2. The van der Waals surface area contributed by atoms with Gasteiger partial charge in [-0.2, -0.15) is 0 Å². The first-order chi connectivity index (χ1) is 12.6. The van der Waals surface area contributed by atoms with E-state index >= 15 is 0 Å². The molecule has 1 amide bonds. The molecule has 8 nitrogen and oxygen atoms in total. The van der Waals surface area contributed by atoms with E-state index in [1.54, 1.807) is 0 Å². The van der Waals surface area contributed by atoms with Crippen LogP contribution in [0.25, 0.3) is 0 Å². The van der Waals surface area contributed by atoms with Crippen molar-refractivity contribution in [3.05, 3.63) is 24.3 Å². The number of hydrogen-bond donors (Lipinski definition) is 1. The number of amides is 1. The SMILES string of the molecule is CC(=O)Nc1ccc(S(=O)(=O)[C@H]2CS(=O)(=O)C[C@@H]2N2CCN(C)CC2)cc1. The molecule has 27 heavy (non-hydrogen) atoms. The van der Waals surface area contributed by atoms with Crippen molar-refractivity contribution in [2.24, 2.45) is 0 Å². The van der Waals surface area contributed by atoms with Gasteiger partial charge in [0.05, 0.1) is 21.7 Å². The van der Waals surface area contributed by atoms with Gasteiger partial charge in [0, 0.05) is 44.8 Å². The van der Waals surface area contributed by atoms with E-state index in [0.717, 1.165) is 13.1 Å². The summed E-state index contributed by atoms with van der Waals surface area (Å²) in [5.74, 6) is -0.715. The molecule has 1 aromatic rings. The Morgan fingerprint density at radius 3 is 2.22 bits per heavy atom. The van der Waals surface area contributed by atoms with E-state index < -0.39 is 31.0 Å². The minimum absolute atomic E-state index is 0.0813. The molecule has 0 aromatic heterocycles. The molecule has 0 spiro atoms. The number of nitrogens with zero attached hydrogens (tertiary/aromatic N) is 2. The summed E-state index contributed by atoms with van der Waals surface area (Å²) < 4.78 is 50.9. The van der Waals surface area contributed by atoms with Crippen molar-refractivity contribution >= 4 is 31.3 Å². The van der Waals surface area contributed by atoms with Gasteiger partial charge in [-0.05, 0) is 31.3 Å². The highest BCUT2D eigenvalue weighted by molar-refractivity contribution is 7.96. The summed E-state index contributed by atoms with van der Waals surface area (Å²) in [4.78, 5) is 15.3. The summed E-state index contributed by atoms with van der Waals surface area (Å²) in [6, 6.07) is 5.35. The topological polar surface area (TPSA) is 104 Å². The second-order valence-corrected chi connectivity index (χ2v) is 11.6. The van der Waals surface area contributed by atoms with Gasteiger partial charge in [-0.3, -0.25) is 9.69 Å². The Labute approximate surface area is 160 Å². The molecule has 0 aliphatic carbocycles. The summed E-state index contributed by atoms with van der Waals surface area (Å²) in [5.41, 5.74) is 0.496. The smallest absolute Gasteiger partial charge is 0.221 e. The quantitative estimate of drug-likeness (QED) is 0.728. The number of anilines is 1. The van der Waals surface area contributed by atoms with Crippen LogP contribution in [0.3, 0.4) is 0 Å². The maximum Gasteiger partial charge on any atom is 0.221 e. The van der Waals surface area contributed by atoms with E-state index in [9.17, 15) is 21.6 Å². The van der Waals surface area contributed by atoms with Crippen LogP contribution in [0.2, 0.25) is 0 Å². The standard InChI is InChI=1S/C17H25N3O5S2/c1-13(21)18-14-3-5-15(6-4-14)27(24,25)17-12-26(22,23)11-16(17)20-9-7-19(2)8-10-20/h3-6,16-17H,7-12H2,1-2H3,(H,18,21)/t16-,17-/m0/s1. The predicted octanol–water partition coefficient (Wildman–Crippen LogP) is -0.168. The molecule has 0 unspecified atom stereocenters. The third kappa shape index (κ3) is 4.50. The number of carbonyl (C=O) groups excluding carboxylic acids is 1. The predicted molar refractivity (Wildman–Crippen MR) is 103 cm³/mol. The van der Waals surface area contributed by atoms with Crippen molar-refractivity contribution < 1.29 is 21.6 Å². The summed E-state index contributed by atoms with van der Waals surface area (Å²) in [6.07, 6.45) is 0. The van der Waals surface area contributed by atoms with Crippen molar-refractivity contribution in [3.63, 3.8) is 0 Å². The number of rotatable bonds is 4. The van der Waals surface area contributed by atoms with Crippen LogP contribution in [0.1, 0.15) is 6.92 Å². The van der Waals surface area contributed by atoms with Crippen LogP contribution >= 0.6 is 0 Å². The Hall–Kier alpha value is -1.49. The zero-order valence-corrected chi connectivity index (χ0v) is 17.1. The monoisotopic (exact) mass is 415 g/mol. The van der Waals surface area contributed by atoms with Gasteiger partial charge >= 0.3 is 0 Å². The lowest BCUT2D eigenvalue weighted by molar-refractivity contribution is -0.114. The summed E-state index contributed by atoms with van der Waals surface area (Å²) in [5, 5.41) is 1.61. The van der Waals surface area contributed by atoms with Gasteiger partial charge in [-0.1, -0.05) is 0 Å². The van der Waals surface area contributed by atoms with Crippen molar-refractivity contribution in [2.45, 2.75) is 23.1 Å². The van der Waals surface area contributed by atoms with Gasteiger partial charge in [0.15, 0.2) is 19.7 Å². The highest BCUT2D eigenvalue weighted by atomic mass is 32.2. The third-order valence-corrected chi connectivity index (χ3v) is 9.32. The number of sulfone groups is 2. The van der Waals surface area contributed by atoms with Gasteiger partial charge in [0.2, 0.25) is 5.91 Å². The number of nitrogens with one attached hydrogen (secondary N) is 1. The van der Waals surface area contributed by atoms with Crippen molar-refractivity contribution in [2.75, 3.05) is 50.0 Å². The molecule has 2 heterocycles. The lowest BCUT2D eigenvalue weighted by Gasteiger charge is -2.37. The fourth-order valence-corrected chi connectivity index (χ4v) is 8.52. The van der Waals surface area contributed by atoms with Crippen LogP contribution in [-0.2, 0) is 24.5 Å². The summed E-state index contributed by atoms with van der Waals surface area (Å²) >= 11 is 0. The van der Waals surface area contributed by atoms with Crippen LogP contribution in [0.4, 0.5) is 5.69 Å². The first-order valence-corrected chi connectivity index (χ1v) is 12.2. The molecule has 2 saturated heterocycles. The Balaban J connectivity index is 1.87. The fourth-order valence-electron chi connectivity index (χ4n) is 3.69. The molecular formula is C17H25N3O5S2. The molecule has 1 N–H and O–H groups in total. The second-order valence-electron chi connectivity index (χ2n) is 7.27. The van der Waals surface area contributed by atoms with Crippen LogP contribution in [0.15, 0.2) is 29.2 Å². The van der Waals surface area contributed by atoms with Gasteiger partial charge in [0.1, 0.15) is 0 Å². The fraction of sp³-hybridized carbons (Fsp3) is 0.588. The van der Waals surface area contributed by atoms with Crippen LogP contribution in [0, 0.1) is 0 Å². The van der Waals surface area contributed by atoms with E-state index in [2.05, 4.69) is 10.2 Å². The number of carbonyl (C=O) groups is 1. The largest absolute Gasteiger partial charge is 0.326 e. The minimum Gasteiger partial charge on any atom is -0.326 e. The highest BCUT2D eigenvalue weighted by Gasteiger charge is 2.48. The molecule has 0 saturated carbocycles. The van der Waals surface area contributed by atoms with Crippen molar-refractivity contribution in [3.8, 4) is 0 Å². The number of likely N-dealkylation sites (N-methyl/N-ethyl adjacent to an activating group) is 1. The van der Waals surface area contributed by atoms with E-state index in [0.29, 0.717) is 18.8 Å². The maximum atomic E-state index is 13.2. The van der Waals surface area contributed by atoms with Crippen molar-refractivity contribution in [1.29, 1.82) is 0 Å². The zero-order chi connectivity index (χ0) is 19.8. The summed E-state index contributed by atoms with van der Waals surface area (Å²) in [7, 11) is -5.23.